The van der Waals surface area contributed by atoms with Crippen LogP contribution in [0.1, 0.15) is 16.1 Å². The molecule has 1 heterocycles. The van der Waals surface area contributed by atoms with E-state index >= 15 is 0 Å². The molecule has 1 aromatic carbocycles. The maximum absolute atomic E-state index is 12.9. The number of carbonyl (C=O) groups excluding carboxylic acids is 1. The van der Waals surface area contributed by atoms with Gasteiger partial charge in [-0.25, -0.2) is 9.82 Å². The van der Waals surface area contributed by atoms with E-state index in [-0.39, 0.29) is 5.56 Å². The minimum Gasteiger partial charge on any atom is -0.267 e. The second-order valence-electron chi connectivity index (χ2n) is 3.46. The van der Waals surface area contributed by atoms with Crippen molar-refractivity contribution in [2.45, 2.75) is 0 Å². The van der Waals surface area contributed by atoms with E-state index in [0.29, 0.717) is 5.69 Å². The molecule has 90 valence electrons. The zero-order valence-corrected chi connectivity index (χ0v) is 9.38. The summed E-state index contributed by atoms with van der Waals surface area (Å²) in [7, 11) is 0. The average molecular weight is 243 g/mol. The summed E-state index contributed by atoms with van der Waals surface area (Å²) in [6, 6.07) is 10.7. The number of hydrogen-bond donors (Lipinski definition) is 1. The summed E-state index contributed by atoms with van der Waals surface area (Å²) in [5.74, 6) is -0.932. The number of pyridine rings is 1. The van der Waals surface area contributed by atoms with E-state index in [2.05, 4.69) is 15.5 Å². The second kappa shape index (κ2) is 5.67. The highest BCUT2D eigenvalue weighted by Crippen LogP contribution is 2.02. The molecule has 1 aromatic heterocycles. The van der Waals surface area contributed by atoms with Gasteiger partial charge in [0.1, 0.15) is 5.82 Å². The van der Waals surface area contributed by atoms with E-state index in [1.807, 2.05) is 6.07 Å². The first-order valence-corrected chi connectivity index (χ1v) is 5.26. The Morgan fingerprint density at radius 2 is 2.17 bits per heavy atom. The van der Waals surface area contributed by atoms with Crippen LogP contribution in [-0.4, -0.2) is 17.1 Å². The van der Waals surface area contributed by atoms with Gasteiger partial charge >= 0.3 is 0 Å². The van der Waals surface area contributed by atoms with E-state index in [1.54, 1.807) is 18.3 Å². The number of nitrogens with one attached hydrogen (secondary N) is 1. The molecule has 0 bridgehead atoms. The van der Waals surface area contributed by atoms with Crippen molar-refractivity contribution in [1.82, 2.24) is 10.4 Å². The maximum Gasteiger partial charge on any atom is 0.271 e. The van der Waals surface area contributed by atoms with Crippen molar-refractivity contribution in [3.05, 3.63) is 65.7 Å². The van der Waals surface area contributed by atoms with Gasteiger partial charge in [-0.15, -0.1) is 0 Å². The SMILES string of the molecule is O=C(N/N=C/c1ccccn1)c1cccc(F)c1. The van der Waals surface area contributed by atoms with Crippen LogP contribution in [0.25, 0.3) is 0 Å². The van der Waals surface area contributed by atoms with Gasteiger partial charge in [-0.3, -0.25) is 9.78 Å². The van der Waals surface area contributed by atoms with Gasteiger partial charge in [0.05, 0.1) is 11.9 Å². The quantitative estimate of drug-likeness (QED) is 0.662. The molecule has 4 nitrogen and oxygen atoms in total. The number of benzene rings is 1. The predicted octanol–water partition coefficient (Wildman–Crippen LogP) is 1.98. The van der Waals surface area contributed by atoms with Crippen LogP contribution in [-0.2, 0) is 0 Å². The molecule has 0 radical (unpaired) electrons. The Balaban J connectivity index is 1.99. The Bertz CT molecular complexity index is 569. The number of amides is 1. The second-order valence-corrected chi connectivity index (χ2v) is 3.46. The minimum atomic E-state index is -0.471. The highest BCUT2D eigenvalue weighted by molar-refractivity contribution is 5.94. The molecule has 1 N–H and O–H groups in total. The highest BCUT2D eigenvalue weighted by Gasteiger charge is 2.04. The van der Waals surface area contributed by atoms with Gasteiger partial charge in [0.25, 0.3) is 5.91 Å². The van der Waals surface area contributed by atoms with Gasteiger partial charge in [0.2, 0.25) is 0 Å². The number of aromatic nitrogens is 1. The van der Waals surface area contributed by atoms with Gasteiger partial charge in [0.15, 0.2) is 0 Å². The lowest BCUT2D eigenvalue weighted by molar-refractivity contribution is 0.0954. The summed E-state index contributed by atoms with van der Waals surface area (Å²) >= 11 is 0. The summed E-state index contributed by atoms with van der Waals surface area (Å²) in [5.41, 5.74) is 3.14. The molecule has 0 aliphatic rings. The van der Waals surface area contributed by atoms with Crippen molar-refractivity contribution in [3.63, 3.8) is 0 Å². The molecule has 5 heteroatoms. The fourth-order valence-electron chi connectivity index (χ4n) is 1.30. The summed E-state index contributed by atoms with van der Waals surface area (Å²) in [5, 5.41) is 3.74. The van der Waals surface area contributed by atoms with Crippen molar-refractivity contribution in [2.75, 3.05) is 0 Å². The average Bonchev–Trinajstić information content (AvgIpc) is 2.40. The zero-order chi connectivity index (χ0) is 12.8. The lowest BCUT2D eigenvalue weighted by Crippen LogP contribution is -2.17. The van der Waals surface area contributed by atoms with Crippen LogP contribution in [0.4, 0.5) is 4.39 Å². The Kier molecular flexibility index (Phi) is 3.76. The number of carbonyl (C=O) groups is 1. The third-order valence-corrected chi connectivity index (χ3v) is 2.14. The van der Waals surface area contributed by atoms with Crippen LogP contribution >= 0.6 is 0 Å². The van der Waals surface area contributed by atoms with Gasteiger partial charge in [-0.1, -0.05) is 12.1 Å². The number of hydrogen-bond acceptors (Lipinski definition) is 3. The molecular weight excluding hydrogens is 233 g/mol. The summed E-state index contributed by atoms with van der Waals surface area (Å²) in [6.07, 6.45) is 3.03. The van der Waals surface area contributed by atoms with E-state index in [4.69, 9.17) is 0 Å². The first-order valence-electron chi connectivity index (χ1n) is 5.26. The van der Waals surface area contributed by atoms with Gasteiger partial charge in [0, 0.05) is 11.8 Å². The number of rotatable bonds is 3. The number of nitrogens with zero attached hydrogens (tertiary/aromatic N) is 2. The molecule has 0 aliphatic heterocycles. The van der Waals surface area contributed by atoms with Gasteiger partial charge in [-0.2, -0.15) is 5.10 Å². The van der Waals surface area contributed by atoms with Gasteiger partial charge < -0.3 is 0 Å². The molecule has 0 spiro atoms. The van der Waals surface area contributed by atoms with Crippen LogP contribution in [0, 0.1) is 5.82 Å². The molecule has 0 saturated carbocycles. The normalized spacial score (nSPS) is 10.5. The summed E-state index contributed by atoms with van der Waals surface area (Å²) in [6.45, 7) is 0. The van der Waals surface area contributed by atoms with E-state index in [1.165, 1.54) is 24.4 Å². The third kappa shape index (κ3) is 3.21. The first-order chi connectivity index (χ1) is 8.75. The van der Waals surface area contributed by atoms with Crippen LogP contribution in [0.5, 0.6) is 0 Å². The molecule has 18 heavy (non-hydrogen) atoms. The van der Waals surface area contributed by atoms with Crippen molar-refractivity contribution >= 4 is 12.1 Å². The largest absolute Gasteiger partial charge is 0.271 e. The van der Waals surface area contributed by atoms with Crippen molar-refractivity contribution in [2.24, 2.45) is 5.10 Å². The third-order valence-electron chi connectivity index (χ3n) is 2.14. The molecule has 0 saturated heterocycles. The van der Waals surface area contributed by atoms with Crippen LogP contribution in [0.15, 0.2) is 53.8 Å². The molecule has 0 fully saturated rings. The maximum atomic E-state index is 12.9. The zero-order valence-electron chi connectivity index (χ0n) is 9.38. The Morgan fingerprint density at radius 1 is 1.28 bits per heavy atom. The van der Waals surface area contributed by atoms with E-state index < -0.39 is 11.7 Å². The van der Waals surface area contributed by atoms with Crippen molar-refractivity contribution in [1.29, 1.82) is 0 Å². The summed E-state index contributed by atoms with van der Waals surface area (Å²) < 4.78 is 12.9. The molecule has 0 unspecified atom stereocenters. The van der Waals surface area contributed by atoms with Gasteiger partial charge in [-0.05, 0) is 30.3 Å². The van der Waals surface area contributed by atoms with Crippen molar-refractivity contribution < 1.29 is 9.18 Å². The molecule has 0 atom stereocenters. The Labute approximate surface area is 103 Å². The number of hydrazone groups is 1. The Hall–Kier alpha value is -2.56. The number of halogens is 1. The molecular formula is C13H10FN3O. The molecule has 2 rings (SSSR count). The lowest BCUT2D eigenvalue weighted by Gasteiger charge is -1.99. The monoisotopic (exact) mass is 243 g/mol. The first kappa shape index (κ1) is 11.9. The topological polar surface area (TPSA) is 54.4 Å². The fourth-order valence-corrected chi connectivity index (χ4v) is 1.30. The van der Waals surface area contributed by atoms with E-state index in [9.17, 15) is 9.18 Å². The standard InChI is InChI=1S/C13H10FN3O/c14-11-5-3-4-10(8-11)13(18)17-16-9-12-6-1-2-7-15-12/h1-9H,(H,17,18)/b16-9+. The minimum absolute atomic E-state index is 0.216. The summed E-state index contributed by atoms with van der Waals surface area (Å²) in [4.78, 5) is 15.6. The molecule has 1 amide bonds. The Morgan fingerprint density at radius 3 is 2.89 bits per heavy atom. The molecule has 0 aliphatic carbocycles. The van der Waals surface area contributed by atoms with E-state index in [0.717, 1.165) is 6.07 Å². The lowest BCUT2D eigenvalue weighted by atomic mass is 10.2. The van der Waals surface area contributed by atoms with Crippen LogP contribution in [0.2, 0.25) is 0 Å². The molecule has 2 aromatic rings. The predicted molar refractivity (Wildman–Crippen MR) is 65.7 cm³/mol. The van der Waals surface area contributed by atoms with Crippen LogP contribution < -0.4 is 5.43 Å². The van der Waals surface area contributed by atoms with Crippen LogP contribution in [0.3, 0.4) is 0 Å². The smallest absolute Gasteiger partial charge is 0.267 e. The highest BCUT2D eigenvalue weighted by atomic mass is 19.1. The fraction of sp³-hybridized carbons (Fsp3) is 0. The van der Waals surface area contributed by atoms with Crippen molar-refractivity contribution in [3.8, 4) is 0 Å².